The average molecular weight is 317 g/mol. The molecule has 1 nitrogen and oxygen atoms in total. The lowest BCUT2D eigenvalue weighted by atomic mass is 10.1. The maximum absolute atomic E-state index is 13.4. The second-order valence-corrected chi connectivity index (χ2v) is 6.87. The first-order valence-electron chi connectivity index (χ1n) is 6.82. The van der Waals surface area contributed by atoms with Gasteiger partial charge in [0.05, 0.1) is 6.04 Å². The molecule has 0 spiro atoms. The van der Waals surface area contributed by atoms with E-state index in [9.17, 15) is 4.39 Å². The summed E-state index contributed by atoms with van der Waals surface area (Å²) in [6, 6.07) is 15.4. The van der Waals surface area contributed by atoms with Crippen molar-refractivity contribution in [1.82, 2.24) is 5.32 Å². The van der Waals surface area contributed by atoms with Crippen molar-refractivity contribution in [2.75, 3.05) is 0 Å². The van der Waals surface area contributed by atoms with E-state index in [4.69, 9.17) is 0 Å². The van der Waals surface area contributed by atoms with Crippen molar-refractivity contribution in [1.29, 1.82) is 0 Å². The quantitative estimate of drug-likeness (QED) is 0.665. The highest BCUT2D eigenvalue weighted by Crippen LogP contribution is 2.31. The topological polar surface area (TPSA) is 12.0 Å². The van der Waals surface area contributed by atoms with E-state index in [1.54, 1.807) is 34.8 Å². The van der Waals surface area contributed by atoms with Crippen LogP contribution in [0.3, 0.4) is 0 Å². The molecular weight excluding hydrogens is 301 g/mol. The second-order valence-electron chi connectivity index (χ2n) is 4.91. The lowest BCUT2D eigenvalue weighted by molar-refractivity contribution is 0.522. The van der Waals surface area contributed by atoms with Crippen molar-refractivity contribution in [2.24, 2.45) is 0 Å². The Hall–Kier alpha value is -1.49. The normalized spacial score (nSPS) is 12.7. The van der Waals surface area contributed by atoms with E-state index in [-0.39, 0.29) is 17.9 Å². The van der Waals surface area contributed by atoms with Crippen LogP contribution in [0.4, 0.5) is 4.39 Å². The summed E-state index contributed by atoms with van der Waals surface area (Å²) >= 11 is 3.48. The van der Waals surface area contributed by atoms with Crippen LogP contribution < -0.4 is 5.32 Å². The summed E-state index contributed by atoms with van der Waals surface area (Å²) in [5.74, 6) is -0.190. The van der Waals surface area contributed by atoms with Gasteiger partial charge in [0, 0.05) is 15.8 Å². The van der Waals surface area contributed by atoms with Gasteiger partial charge in [0.1, 0.15) is 5.82 Å². The van der Waals surface area contributed by atoms with Crippen LogP contribution in [0.2, 0.25) is 0 Å². The van der Waals surface area contributed by atoms with Crippen molar-refractivity contribution in [2.45, 2.75) is 19.0 Å². The maximum Gasteiger partial charge on any atom is 0.123 e. The van der Waals surface area contributed by atoms with Gasteiger partial charge in [-0.3, -0.25) is 5.32 Å². The Labute approximate surface area is 132 Å². The number of halogens is 1. The molecule has 3 rings (SSSR count). The lowest BCUT2D eigenvalue weighted by Gasteiger charge is -2.22. The first-order valence-corrected chi connectivity index (χ1v) is 8.58. The molecule has 0 amide bonds. The van der Waals surface area contributed by atoms with E-state index in [2.05, 4.69) is 47.3 Å². The Bertz CT molecular complexity index is 642. The molecule has 1 atom stereocenters. The molecule has 2 heterocycles. The fourth-order valence-electron chi connectivity index (χ4n) is 2.34. The third-order valence-corrected chi connectivity index (χ3v) is 5.30. The van der Waals surface area contributed by atoms with Gasteiger partial charge >= 0.3 is 0 Å². The van der Waals surface area contributed by atoms with E-state index >= 15 is 0 Å². The second kappa shape index (κ2) is 6.52. The smallest absolute Gasteiger partial charge is 0.123 e. The minimum Gasteiger partial charge on any atom is -0.298 e. The Morgan fingerprint density at radius 3 is 2.14 bits per heavy atom. The van der Waals surface area contributed by atoms with Crippen molar-refractivity contribution in [3.05, 3.63) is 80.4 Å². The fourth-order valence-corrected chi connectivity index (χ4v) is 4.02. The van der Waals surface area contributed by atoms with Crippen LogP contribution in [0, 0.1) is 5.82 Å². The van der Waals surface area contributed by atoms with Gasteiger partial charge < -0.3 is 0 Å². The predicted molar refractivity (Wildman–Crippen MR) is 88.4 cm³/mol. The zero-order valence-electron chi connectivity index (χ0n) is 11.6. The highest BCUT2D eigenvalue weighted by Gasteiger charge is 2.19. The molecule has 1 aromatic carbocycles. The summed E-state index contributed by atoms with van der Waals surface area (Å²) < 4.78 is 13.4. The zero-order chi connectivity index (χ0) is 14.7. The number of hydrogen-bond donors (Lipinski definition) is 1. The molecule has 2 aromatic heterocycles. The van der Waals surface area contributed by atoms with Gasteiger partial charge in [-0.05, 0) is 47.5 Å². The maximum atomic E-state index is 13.4. The highest BCUT2D eigenvalue weighted by molar-refractivity contribution is 7.11. The van der Waals surface area contributed by atoms with Crippen molar-refractivity contribution < 1.29 is 4.39 Å². The van der Waals surface area contributed by atoms with Crippen LogP contribution >= 0.6 is 22.7 Å². The van der Waals surface area contributed by atoms with Crippen molar-refractivity contribution in [3.63, 3.8) is 0 Å². The first-order chi connectivity index (χ1) is 10.2. The van der Waals surface area contributed by atoms with Crippen LogP contribution in [-0.2, 0) is 0 Å². The Kier molecular flexibility index (Phi) is 4.48. The van der Waals surface area contributed by atoms with Crippen LogP contribution in [-0.4, -0.2) is 0 Å². The van der Waals surface area contributed by atoms with E-state index in [0.29, 0.717) is 0 Å². The summed E-state index contributed by atoms with van der Waals surface area (Å²) in [6.07, 6.45) is 0. The molecule has 0 fully saturated rings. The van der Waals surface area contributed by atoms with Gasteiger partial charge in [0.25, 0.3) is 0 Å². The van der Waals surface area contributed by atoms with Gasteiger partial charge in [-0.25, -0.2) is 4.39 Å². The van der Waals surface area contributed by atoms with E-state index in [0.717, 1.165) is 5.56 Å². The Morgan fingerprint density at radius 2 is 1.62 bits per heavy atom. The van der Waals surface area contributed by atoms with E-state index < -0.39 is 0 Å². The van der Waals surface area contributed by atoms with Gasteiger partial charge in [0.2, 0.25) is 0 Å². The van der Waals surface area contributed by atoms with Crippen LogP contribution in [0.5, 0.6) is 0 Å². The third-order valence-electron chi connectivity index (χ3n) is 3.42. The van der Waals surface area contributed by atoms with Gasteiger partial charge in [-0.2, -0.15) is 0 Å². The molecule has 0 saturated carbocycles. The monoisotopic (exact) mass is 317 g/mol. The lowest BCUT2D eigenvalue weighted by Crippen LogP contribution is -2.24. The molecule has 21 heavy (non-hydrogen) atoms. The minimum absolute atomic E-state index is 0.0786. The molecule has 0 saturated heterocycles. The molecule has 4 heteroatoms. The molecular formula is C17H16FNS2. The number of hydrogen-bond acceptors (Lipinski definition) is 3. The fraction of sp³-hybridized carbons (Fsp3) is 0.176. The van der Waals surface area contributed by atoms with Crippen LogP contribution in [0.25, 0.3) is 0 Å². The summed E-state index contributed by atoms with van der Waals surface area (Å²) in [4.78, 5) is 2.56. The number of nitrogens with one attached hydrogen (secondary N) is 1. The van der Waals surface area contributed by atoms with E-state index in [1.165, 1.54) is 15.8 Å². The molecule has 1 N–H and O–H groups in total. The van der Waals surface area contributed by atoms with Crippen LogP contribution in [0.15, 0.2) is 59.3 Å². The van der Waals surface area contributed by atoms with Gasteiger partial charge in [0.15, 0.2) is 0 Å². The summed E-state index contributed by atoms with van der Waals surface area (Å²) in [7, 11) is 0. The molecule has 108 valence electrons. The molecule has 0 aliphatic rings. The molecule has 0 aliphatic carbocycles. The average Bonchev–Trinajstić information content (AvgIpc) is 3.18. The van der Waals surface area contributed by atoms with Crippen LogP contribution in [0.1, 0.15) is 34.3 Å². The zero-order valence-corrected chi connectivity index (χ0v) is 13.3. The first kappa shape index (κ1) is 14.4. The molecule has 0 unspecified atom stereocenters. The van der Waals surface area contributed by atoms with Crippen molar-refractivity contribution >= 4 is 22.7 Å². The largest absolute Gasteiger partial charge is 0.298 e. The summed E-state index contributed by atoms with van der Waals surface area (Å²) in [5, 5.41) is 7.79. The Balaban J connectivity index is 1.85. The standard InChI is InChI=1S/C17H16FNS2/c1-12(13-5-2-6-14(18)11-13)19-17(15-7-3-9-20-15)16-8-4-10-21-16/h2-12,17,19H,1H3/t12-/m1/s1. The number of rotatable bonds is 5. The SMILES string of the molecule is C[C@@H](NC(c1cccs1)c1cccs1)c1cccc(F)c1. The third kappa shape index (κ3) is 3.40. The predicted octanol–water partition coefficient (Wildman–Crippen LogP) is 5.39. The van der Waals surface area contributed by atoms with Gasteiger partial charge in [-0.15, -0.1) is 22.7 Å². The number of thiophene rings is 2. The summed E-state index contributed by atoms with van der Waals surface area (Å²) in [5.41, 5.74) is 0.966. The van der Waals surface area contributed by atoms with Gasteiger partial charge in [-0.1, -0.05) is 24.3 Å². The highest BCUT2D eigenvalue weighted by atomic mass is 32.1. The van der Waals surface area contributed by atoms with E-state index in [1.807, 2.05) is 6.07 Å². The molecule has 0 aliphatic heterocycles. The summed E-state index contributed by atoms with van der Waals surface area (Å²) in [6.45, 7) is 2.07. The van der Waals surface area contributed by atoms with Crippen molar-refractivity contribution in [3.8, 4) is 0 Å². The molecule has 0 radical (unpaired) electrons. The number of benzene rings is 1. The molecule has 0 bridgehead atoms. The molecule has 3 aromatic rings. The minimum atomic E-state index is -0.190. The Morgan fingerprint density at radius 1 is 0.952 bits per heavy atom.